The van der Waals surface area contributed by atoms with E-state index in [2.05, 4.69) is 0 Å². The molecule has 0 aliphatic heterocycles. The van der Waals surface area contributed by atoms with Gasteiger partial charge < -0.3 is 15.3 Å². The molecule has 0 aromatic heterocycles. The Morgan fingerprint density at radius 2 is 1.72 bits per heavy atom. The van der Waals surface area contributed by atoms with Crippen LogP contribution in [0, 0.1) is 20.2 Å². The quantitative estimate of drug-likeness (QED) is 0.487. The number of non-ortho nitro benzene ring substituents is 1. The summed E-state index contributed by atoms with van der Waals surface area (Å²) in [6.45, 7) is -2.21. The van der Waals surface area contributed by atoms with E-state index in [1.165, 1.54) is 0 Å². The number of phenols is 1. The number of nitro groups is 2. The lowest BCUT2D eigenvalue weighted by atomic mass is 9.91. The van der Waals surface area contributed by atoms with Gasteiger partial charge in [0.05, 0.1) is 10.5 Å². The molecule has 0 aliphatic carbocycles. The highest BCUT2D eigenvalue weighted by atomic mass is 16.6. The number of nitrogens with zero attached hydrogens (tertiary/aromatic N) is 2. The zero-order valence-corrected chi connectivity index (χ0v) is 9.02. The molecule has 0 aliphatic rings. The van der Waals surface area contributed by atoms with Crippen LogP contribution in [-0.2, 0) is 5.54 Å². The van der Waals surface area contributed by atoms with Crippen molar-refractivity contribution in [3.63, 3.8) is 0 Å². The fraction of sp³-hybridized carbons (Fsp3) is 0.333. The molecule has 9 heteroatoms. The summed E-state index contributed by atoms with van der Waals surface area (Å²) in [5, 5.41) is 49.1. The van der Waals surface area contributed by atoms with Crippen molar-refractivity contribution in [2.24, 2.45) is 0 Å². The number of aliphatic hydroxyl groups is 2. The van der Waals surface area contributed by atoms with E-state index in [9.17, 15) is 25.3 Å². The van der Waals surface area contributed by atoms with E-state index in [1.807, 2.05) is 0 Å². The standard InChI is InChI=1S/C9H10N2O7/c12-4-9(5-13,11(17)18)7-3-6(10(15)16)1-2-8(7)14/h1-3,12-14H,4-5H2. The minimum atomic E-state index is -2.38. The Morgan fingerprint density at radius 3 is 2.11 bits per heavy atom. The van der Waals surface area contributed by atoms with E-state index in [-0.39, 0.29) is 0 Å². The monoisotopic (exact) mass is 258 g/mol. The van der Waals surface area contributed by atoms with Crippen LogP contribution in [0.1, 0.15) is 5.56 Å². The van der Waals surface area contributed by atoms with E-state index in [1.54, 1.807) is 0 Å². The first kappa shape index (κ1) is 13.8. The van der Waals surface area contributed by atoms with E-state index in [0.717, 1.165) is 18.2 Å². The molecule has 0 atom stereocenters. The van der Waals surface area contributed by atoms with Crippen molar-refractivity contribution < 1.29 is 25.2 Å². The van der Waals surface area contributed by atoms with Gasteiger partial charge in [-0.15, -0.1) is 0 Å². The molecular weight excluding hydrogens is 248 g/mol. The predicted molar refractivity (Wildman–Crippen MR) is 57.6 cm³/mol. The normalized spacial score (nSPS) is 11.2. The highest BCUT2D eigenvalue weighted by Crippen LogP contribution is 2.34. The summed E-state index contributed by atoms with van der Waals surface area (Å²) >= 11 is 0. The van der Waals surface area contributed by atoms with Crippen molar-refractivity contribution >= 4 is 5.69 Å². The second-order valence-corrected chi connectivity index (χ2v) is 3.56. The summed E-state index contributed by atoms with van der Waals surface area (Å²) in [5.74, 6) is -0.611. The SMILES string of the molecule is O=[N+]([O-])c1ccc(O)c(C(CO)(CO)[N+](=O)[O-])c1. The van der Waals surface area contributed by atoms with Crippen LogP contribution in [0.5, 0.6) is 5.75 Å². The zero-order valence-electron chi connectivity index (χ0n) is 9.02. The van der Waals surface area contributed by atoms with Crippen molar-refractivity contribution in [2.75, 3.05) is 13.2 Å². The van der Waals surface area contributed by atoms with Crippen molar-refractivity contribution in [1.82, 2.24) is 0 Å². The molecule has 9 nitrogen and oxygen atoms in total. The number of rotatable bonds is 5. The number of benzene rings is 1. The molecule has 0 bridgehead atoms. The summed E-state index contributed by atoms with van der Waals surface area (Å²) in [6.07, 6.45) is 0. The molecule has 1 aromatic rings. The van der Waals surface area contributed by atoms with Crippen molar-refractivity contribution in [3.8, 4) is 5.75 Å². The van der Waals surface area contributed by atoms with Gasteiger partial charge in [0.15, 0.2) is 0 Å². The van der Waals surface area contributed by atoms with Crippen LogP contribution in [0.15, 0.2) is 18.2 Å². The lowest BCUT2D eigenvalue weighted by Gasteiger charge is -2.21. The number of phenolic OH excluding ortho intramolecular Hbond substituents is 1. The first-order valence-electron chi connectivity index (χ1n) is 4.73. The maximum absolute atomic E-state index is 10.9. The summed E-state index contributed by atoms with van der Waals surface area (Å²) in [6, 6.07) is 2.61. The zero-order chi connectivity index (χ0) is 13.9. The Bertz CT molecular complexity index is 484. The van der Waals surface area contributed by atoms with Crippen molar-refractivity contribution in [2.45, 2.75) is 5.54 Å². The molecule has 0 radical (unpaired) electrons. The molecule has 0 spiro atoms. The smallest absolute Gasteiger partial charge is 0.295 e. The van der Waals surface area contributed by atoms with Crippen LogP contribution in [0.2, 0.25) is 0 Å². The van der Waals surface area contributed by atoms with Crippen LogP contribution >= 0.6 is 0 Å². The average Bonchev–Trinajstić information content (AvgIpc) is 2.32. The molecule has 0 unspecified atom stereocenters. The van der Waals surface area contributed by atoms with Gasteiger partial charge in [-0.2, -0.15) is 0 Å². The maximum Gasteiger partial charge on any atom is 0.295 e. The van der Waals surface area contributed by atoms with E-state index in [4.69, 9.17) is 10.2 Å². The second kappa shape index (κ2) is 4.94. The predicted octanol–water partition coefficient (Wildman–Crippen LogP) is -0.243. The Kier molecular flexibility index (Phi) is 3.79. The van der Waals surface area contributed by atoms with Crippen molar-refractivity contribution in [3.05, 3.63) is 44.0 Å². The third-order valence-corrected chi connectivity index (χ3v) is 2.56. The van der Waals surface area contributed by atoms with Gasteiger partial charge in [0.1, 0.15) is 19.0 Å². The molecular formula is C9H10N2O7. The van der Waals surface area contributed by atoms with Gasteiger partial charge in [-0.1, -0.05) is 0 Å². The fourth-order valence-electron chi connectivity index (χ4n) is 1.44. The van der Waals surface area contributed by atoms with E-state index in [0.29, 0.717) is 0 Å². The van der Waals surface area contributed by atoms with Gasteiger partial charge >= 0.3 is 0 Å². The molecule has 98 valence electrons. The van der Waals surface area contributed by atoms with Crippen LogP contribution in [0.25, 0.3) is 0 Å². The van der Waals surface area contributed by atoms with Gasteiger partial charge in [0.25, 0.3) is 11.2 Å². The summed E-state index contributed by atoms with van der Waals surface area (Å²) < 4.78 is 0. The van der Waals surface area contributed by atoms with Gasteiger partial charge in [-0.3, -0.25) is 20.2 Å². The maximum atomic E-state index is 10.9. The minimum absolute atomic E-state index is 0.490. The average molecular weight is 258 g/mol. The second-order valence-electron chi connectivity index (χ2n) is 3.56. The number of hydrogen-bond donors (Lipinski definition) is 3. The molecule has 18 heavy (non-hydrogen) atoms. The van der Waals surface area contributed by atoms with Crippen LogP contribution in [0.3, 0.4) is 0 Å². The van der Waals surface area contributed by atoms with E-state index >= 15 is 0 Å². The number of aromatic hydroxyl groups is 1. The highest BCUT2D eigenvalue weighted by Gasteiger charge is 2.47. The van der Waals surface area contributed by atoms with Crippen LogP contribution < -0.4 is 0 Å². The molecule has 1 aromatic carbocycles. The molecule has 0 amide bonds. The highest BCUT2D eigenvalue weighted by molar-refractivity contribution is 5.46. The molecule has 0 saturated heterocycles. The lowest BCUT2D eigenvalue weighted by Crippen LogP contribution is -2.42. The minimum Gasteiger partial charge on any atom is -0.507 e. The van der Waals surface area contributed by atoms with Gasteiger partial charge in [0.2, 0.25) is 0 Å². The summed E-state index contributed by atoms with van der Waals surface area (Å²) in [5.41, 5.74) is -3.38. The Labute approximate surface area is 100 Å². The number of nitro benzene ring substituents is 1. The van der Waals surface area contributed by atoms with E-state index < -0.39 is 45.6 Å². The largest absolute Gasteiger partial charge is 0.507 e. The Hall–Kier alpha value is -2.26. The lowest BCUT2D eigenvalue weighted by molar-refractivity contribution is -0.587. The Balaban J connectivity index is 3.49. The van der Waals surface area contributed by atoms with Crippen LogP contribution in [0.4, 0.5) is 5.69 Å². The molecule has 3 N–H and O–H groups in total. The summed E-state index contributed by atoms with van der Waals surface area (Å²) in [4.78, 5) is 19.7. The molecule has 1 rings (SSSR count). The fourth-order valence-corrected chi connectivity index (χ4v) is 1.44. The number of hydrogen-bond acceptors (Lipinski definition) is 7. The van der Waals surface area contributed by atoms with Crippen molar-refractivity contribution in [1.29, 1.82) is 0 Å². The van der Waals surface area contributed by atoms with Crippen LogP contribution in [-0.4, -0.2) is 38.4 Å². The van der Waals surface area contributed by atoms with Gasteiger partial charge in [-0.05, 0) is 6.07 Å². The number of aliphatic hydroxyl groups excluding tert-OH is 2. The summed E-state index contributed by atoms with van der Waals surface area (Å²) in [7, 11) is 0. The molecule has 0 saturated carbocycles. The first-order chi connectivity index (χ1) is 8.39. The molecule has 0 heterocycles. The molecule has 0 fully saturated rings. The topological polar surface area (TPSA) is 147 Å². The third kappa shape index (κ3) is 2.08. The third-order valence-electron chi connectivity index (χ3n) is 2.56. The Morgan fingerprint density at radius 1 is 1.17 bits per heavy atom. The van der Waals surface area contributed by atoms with Gasteiger partial charge in [-0.25, -0.2) is 0 Å². The first-order valence-corrected chi connectivity index (χ1v) is 4.73. The van der Waals surface area contributed by atoms with Gasteiger partial charge in [0, 0.05) is 17.1 Å².